The number of rotatable bonds is 0. The molecule has 0 spiro atoms. The van der Waals surface area contributed by atoms with E-state index in [1.807, 2.05) is 0 Å². The second-order valence-corrected chi connectivity index (χ2v) is 3.85. The normalized spacial score (nSPS) is 27.4. The Morgan fingerprint density at radius 2 is 2.29 bits per heavy atom. The van der Waals surface area contributed by atoms with Gasteiger partial charge in [0.1, 0.15) is 0 Å². The molecule has 1 fully saturated rings. The van der Waals surface area contributed by atoms with Gasteiger partial charge in [-0.3, -0.25) is 0 Å². The third-order valence-corrected chi connectivity index (χ3v) is 2.90. The van der Waals surface area contributed by atoms with Crippen LogP contribution in [0.4, 0.5) is 0 Å². The first-order valence-corrected chi connectivity index (χ1v) is 5.08. The van der Waals surface area contributed by atoms with E-state index < -0.39 is 0 Å². The fourth-order valence-electron chi connectivity index (χ4n) is 0.864. The van der Waals surface area contributed by atoms with Gasteiger partial charge in [0.2, 0.25) is 0 Å². The maximum atomic E-state index is 5.26. The van der Waals surface area contributed by atoms with Crippen LogP contribution in [0.15, 0.2) is 0 Å². The Labute approximate surface area is 46.9 Å². The molecule has 1 rings (SSSR count). The summed E-state index contributed by atoms with van der Waals surface area (Å²) in [6.07, 6.45) is 3.89. The topological polar surface area (TPSA) is 9.23 Å². The molecule has 0 bridgehead atoms. The molecule has 2 heteroatoms. The van der Waals surface area contributed by atoms with Gasteiger partial charge in [-0.1, -0.05) is 12.5 Å². The molecule has 0 aliphatic carbocycles. The lowest BCUT2D eigenvalue weighted by Gasteiger charge is -1.91. The Kier molecular flexibility index (Phi) is 2.44. The molecular weight excluding hydrogens is 104 g/mol. The van der Waals surface area contributed by atoms with Gasteiger partial charge in [-0.05, 0) is 6.42 Å². The first-order chi connectivity index (χ1) is 3.50. The van der Waals surface area contributed by atoms with E-state index >= 15 is 0 Å². The van der Waals surface area contributed by atoms with Crippen LogP contribution in [0.25, 0.3) is 0 Å². The minimum atomic E-state index is 0.252. The quantitative estimate of drug-likeness (QED) is 0.415. The Balaban J connectivity index is 2.04. The molecule has 7 heavy (non-hydrogen) atoms. The predicted molar refractivity (Wildman–Crippen MR) is 33.4 cm³/mol. The summed E-state index contributed by atoms with van der Waals surface area (Å²) in [5.41, 5.74) is 0. The fraction of sp³-hybridized carbons (Fsp3) is 1.00. The lowest BCUT2D eigenvalue weighted by Crippen LogP contribution is -1.97. The molecule has 1 saturated heterocycles. The van der Waals surface area contributed by atoms with Crippen LogP contribution in [-0.4, -0.2) is 22.4 Å². The second kappa shape index (κ2) is 3.21. The van der Waals surface area contributed by atoms with Gasteiger partial charge in [0.25, 0.3) is 0 Å². The first-order valence-electron chi connectivity index (χ1n) is 3.08. The van der Waals surface area contributed by atoms with Crippen LogP contribution in [0.5, 0.6) is 0 Å². The van der Waals surface area contributed by atoms with Crippen molar-refractivity contribution in [1.29, 1.82) is 0 Å². The Morgan fingerprint density at radius 3 is 3.29 bits per heavy atom. The molecule has 1 aliphatic heterocycles. The molecule has 0 saturated carbocycles. The first kappa shape index (κ1) is 5.32. The molecule has 0 aromatic rings. The summed E-state index contributed by atoms with van der Waals surface area (Å²) in [5.74, 6) is 0. The highest BCUT2D eigenvalue weighted by Crippen LogP contribution is 1.99. The van der Waals surface area contributed by atoms with Crippen molar-refractivity contribution >= 4 is 9.52 Å². The Hall–Kier alpha value is 0.177. The van der Waals surface area contributed by atoms with E-state index in [1.165, 1.54) is 18.9 Å². The van der Waals surface area contributed by atoms with Crippen LogP contribution < -0.4 is 0 Å². The molecule has 42 valence electrons. The zero-order valence-corrected chi connectivity index (χ0v) is 6.07. The summed E-state index contributed by atoms with van der Waals surface area (Å²) in [5, 5.41) is 0. The molecule has 0 atom stereocenters. The second-order valence-electron chi connectivity index (χ2n) is 2.03. The summed E-state index contributed by atoms with van der Waals surface area (Å²) in [6.45, 7) is 1.03. The summed E-state index contributed by atoms with van der Waals surface area (Å²) in [4.78, 5) is 0. The van der Waals surface area contributed by atoms with Gasteiger partial charge in [0.05, 0.1) is 9.52 Å². The van der Waals surface area contributed by atoms with Crippen molar-refractivity contribution in [3.05, 3.63) is 0 Å². The molecule has 0 N–H and O–H groups in total. The Morgan fingerprint density at radius 1 is 1.29 bits per heavy atom. The minimum absolute atomic E-state index is 0.252. The van der Waals surface area contributed by atoms with Crippen molar-refractivity contribution in [2.24, 2.45) is 0 Å². The van der Waals surface area contributed by atoms with Crippen molar-refractivity contribution in [3.8, 4) is 0 Å². The monoisotopic (exact) mass is 116 g/mol. The largest absolute Gasteiger partial charge is 0.385 e. The highest BCUT2D eigenvalue weighted by atomic mass is 28.2. The zero-order chi connectivity index (χ0) is 4.95. The summed E-state index contributed by atoms with van der Waals surface area (Å²) < 4.78 is 5.26. The van der Waals surface area contributed by atoms with Crippen molar-refractivity contribution in [2.45, 2.75) is 18.9 Å². The SMILES string of the molecule is C1CC[SiH2]COC1. The van der Waals surface area contributed by atoms with E-state index in [9.17, 15) is 0 Å². The summed E-state index contributed by atoms with van der Waals surface area (Å²) >= 11 is 0. The highest BCUT2D eigenvalue weighted by Gasteiger charge is 1.95. The number of hydrogen-bond donors (Lipinski definition) is 0. The molecule has 0 aromatic heterocycles. The van der Waals surface area contributed by atoms with E-state index in [4.69, 9.17) is 4.74 Å². The van der Waals surface area contributed by atoms with Crippen LogP contribution in [0, 0.1) is 0 Å². The van der Waals surface area contributed by atoms with E-state index in [2.05, 4.69) is 0 Å². The highest BCUT2D eigenvalue weighted by molar-refractivity contribution is 6.35. The molecule has 0 unspecified atom stereocenters. The van der Waals surface area contributed by atoms with Crippen LogP contribution in [0.2, 0.25) is 6.04 Å². The smallest absolute Gasteiger partial charge is 0.0516 e. The summed E-state index contributed by atoms with van der Waals surface area (Å²) in [7, 11) is 0.252. The van der Waals surface area contributed by atoms with Gasteiger partial charge in [0, 0.05) is 12.8 Å². The average molecular weight is 116 g/mol. The van der Waals surface area contributed by atoms with Gasteiger partial charge >= 0.3 is 0 Å². The molecule has 0 amide bonds. The van der Waals surface area contributed by atoms with Gasteiger partial charge in [-0.25, -0.2) is 0 Å². The fourth-order valence-corrected chi connectivity index (χ4v) is 2.18. The summed E-state index contributed by atoms with van der Waals surface area (Å²) in [6, 6.07) is 1.51. The van der Waals surface area contributed by atoms with E-state index in [0.717, 1.165) is 12.8 Å². The lowest BCUT2D eigenvalue weighted by atomic mass is 10.4. The standard InChI is InChI=1S/C5H12OSi/c1-2-4-7-5-6-3-1/h1-5,7H2. The zero-order valence-electron chi connectivity index (χ0n) is 4.65. The van der Waals surface area contributed by atoms with Crippen molar-refractivity contribution < 1.29 is 4.74 Å². The van der Waals surface area contributed by atoms with Crippen molar-refractivity contribution in [1.82, 2.24) is 0 Å². The van der Waals surface area contributed by atoms with E-state index in [1.54, 1.807) is 0 Å². The third kappa shape index (κ3) is 2.09. The van der Waals surface area contributed by atoms with Crippen molar-refractivity contribution in [2.75, 3.05) is 12.8 Å². The average Bonchev–Trinajstić information content (AvgIpc) is 1.90. The van der Waals surface area contributed by atoms with E-state index in [0.29, 0.717) is 0 Å². The number of hydrogen-bond acceptors (Lipinski definition) is 1. The third-order valence-electron chi connectivity index (χ3n) is 1.33. The van der Waals surface area contributed by atoms with Gasteiger partial charge in [0.15, 0.2) is 0 Å². The predicted octanol–water partition coefficient (Wildman–Crippen LogP) is 0.341. The molecule has 1 nitrogen and oxygen atoms in total. The lowest BCUT2D eigenvalue weighted by molar-refractivity contribution is 0.179. The van der Waals surface area contributed by atoms with Crippen LogP contribution in [0.1, 0.15) is 12.8 Å². The van der Waals surface area contributed by atoms with Gasteiger partial charge in [-0.15, -0.1) is 0 Å². The molecule has 1 heterocycles. The van der Waals surface area contributed by atoms with Gasteiger partial charge in [-0.2, -0.15) is 0 Å². The van der Waals surface area contributed by atoms with Crippen LogP contribution >= 0.6 is 0 Å². The van der Waals surface area contributed by atoms with Crippen LogP contribution in [0.3, 0.4) is 0 Å². The van der Waals surface area contributed by atoms with E-state index in [-0.39, 0.29) is 9.52 Å². The maximum Gasteiger partial charge on any atom is 0.0516 e. The van der Waals surface area contributed by atoms with Crippen molar-refractivity contribution in [3.63, 3.8) is 0 Å². The maximum absolute atomic E-state index is 5.26. The van der Waals surface area contributed by atoms with Gasteiger partial charge < -0.3 is 4.74 Å². The molecule has 1 aliphatic rings. The molecular formula is C5H12OSi. The van der Waals surface area contributed by atoms with Crippen LogP contribution in [-0.2, 0) is 4.74 Å². The molecule has 0 radical (unpaired) electrons. The Bertz CT molecular complexity index is 27.7. The molecule has 0 aromatic carbocycles. The minimum Gasteiger partial charge on any atom is -0.385 e. The number of ether oxygens (including phenoxy) is 1.